The van der Waals surface area contributed by atoms with E-state index in [4.69, 9.17) is 9.47 Å². The average Bonchev–Trinajstić information content (AvgIpc) is 2.26. The van der Waals surface area contributed by atoms with Crippen LogP contribution in [-0.4, -0.2) is 39.5 Å². The zero-order valence-corrected chi connectivity index (χ0v) is 10.3. The standard InChI is InChI=1S/C12H26NO2/c1-3-5-9-14-11-7-13-8-12-15-10-6-4-2/h3-12H2,1-2H3. The van der Waals surface area contributed by atoms with Gasteiger partial charge in [-0.05, 0) is 12.8 Å². The Morgan fingerprint density at radius 2 is 1.20 bits per heavy atom. The predicted octanol–water partition coefficient (Wildman–Crippen LogP) is 2.22. The van der Waals surface area contributed by atoms with Gasteiger partial charge < -0.3 is 9.47 Å². The summed E-state index contributed by atoms with van der Waals surface area (Å²) in [6.45, 7) is 9.21. The first-order valence-corrected chi connectivity index (χ1v) is 6.20. The van der Waals surface area contributed by atoms with Crippen molar-refractivity contribution in [2.75, 3.05) is 39.5 Å². The highest BCUT2D eigenvalue weighted by molar-refractivity contribution is 4.44. The van der Waals surface area contributed by atoms with E-state index in [0.717, 1.165) is 52.4 Å². The molecule has 0 bridgehead atoms. The van der Waals surface area contributed by atoms with Crippen LogP contribution >= 0.6 is 0 Å². The molecular formula is C12H26NO2. The Hall–Kier alpha value is -0.120. The van der Waals surface area contributed by atoms with E-state index < -0.39 is 0 Å². The highest BCUT2D eigenvalue weighted by Gasteiger charge is 1.91. The molecule has 0 aliphatic heterocycles. The Kier molecular flexibility index (Phi) is 13.8. The van der Waals surface area contributed by atoms with Crippen LogP contribution < -0.4 is 5.32 Å². The van der Waals surface area contributed by atoms with Gasteiger partial charge in [-0.3, -0.25) is 0 Å². The third-order valence-electron chi connectivity index (χ3n) is 2.07. The van der Waals surface area contributed by atoms with E-state index in [1.54, 1.807) is 0 Å². The first-order chi connectivity index (χ1) is 7.41. The van der Waals surface area contributed by atoms with E-state index in [9.17, 15) is 0 Å². The van der Waals surface area contributed by atoms with Gasteiger partial charge in [-0.25, -0.2) is 5.32 Å². The minimum absolute atomic E-state index is 0.759. The van der Waals surface area contributed by atoms with Crippen molar-refractivity contribution in [3.8, 4) is 0 Å². The summed E-state index contributed by atoms with van der Waals surface area (Å²) in [5.41, 5.74) is 0. The zero-order chi connectivity index (χ0) is 11.2. The van der Waals surface area contributed by atoms with Crippen molar-refractivity contribution in [2.45, 2.75) is 39.5 Å². The van der Waals surface area contributed by atoms with Crippen molar-refractivity contribution in [2.24, 2.45) is 0 Å². The average molecular weight is 216 g/mol. The van der Waals surface area contributed by atoms with Crippen LogP contribution in [0.5, 0.6) is 0 Å². The van der Waals surface area contributed by atoms with Gasteiger partial charge in [0.15, 0.2) is 0 Å². The molecule has 0 rings (SSSR count). The van der Waals surface area contributed by atoms with Crippen molar-refractivity contribution < 1.29 is 9.47 Å². The van der Waals surface area contributed by atoms with Gasteiger partial charge in [0.2, 0.25) is 0 Å². The third kappa shape index (κ3) is 13.9. The van der Waals surface area contributed by atoms with E-state index in [1.165, 1.54) is 12.8 Å². The van der Waals surface area contributed by atoms with Crippen molar-refractivity contribution >= 4 is 0 Å². The van der Waals surface area contributed by atoms with Crippen molar-refractivity contribution in [3.63, 3.8) is 0 Å². The largest absolute Gasteiger partial charge is 0.380 e. The molecule has 0 fully saturated rings. The van der Waals surface area contributed by atoms with Crippen LogP contribution in [-0.2, 0) is 9.47 Å². The molecule has 0 aliphatic rings. The Morgan fingerprint density at radius 3 is 1.60 bits per heavy atom. The van der Waals surface area contributed by atoms with Gasteiger partial charge in [-0.2, -0.15) is 0 Å². The molecule has 0 aromatic rings. The molecule has 0 saturated heterocycles. The lowest BCUT2D eigenvalue weighted by Crippen LogP contribution is -2.18. The lowest BCUT2D eigenvalue weighted by Gasteiger charge is -2.04. The van der Waals surface area contributed by atoms with E-state index in [0.29, 0.717) is 0 Å². The second-order valence-electron chi connectivity index (χ2n) is 3.60. The topological polar surface area (TPSA) is 32.6 Å². The third-order valence-corrected chi connectivity index (χ3v) is 2.07. The summed E-state index contributed by atoms with van der Waals surface area (Å²) in [5.74, 6) is 0. The summed E-state index contributed by atoms with van der Waals surface area (Å²) in [5, 5.41) is 4.32. The molecule has 15 heavy (non-hydrogen) atoms. The van der Waals surface area contributed by atoms with Crippen molar-refractivity contribution in [3.05, 3.63) is 0 Å². The van der Waals surface area contributed by atoms with Gasteiger partial charge in [0.05, 0.1) is 13.2 Å². The normalized spacial score (nSPS) is 10.8. The molecule has 3 heteroatoms. The fraction of sp³-hybridized carbons (Fsp3) is 1.00. The van der Waals surface area contributed by atoms with Crippen LogP contribution in [0.4, 0.5) is 0 Å². The van der Waals surface area contributed by atoms with Crippen molar-refractivity contribution in [1.82, 2.24) is 5.32 Å². The van der Waals surface area contributed by atoms with E-state index in [1.807, 2.05) is 0 Å². The molecule has 0 unspecified atom stereocenters. The first-order valence-electron chi connectivity index (χ1n) is 6.20. The minimum atomic E-state index is 0.759. The van der Waals surface area contributed by atoms with Crippen LogP contribution in [0.2, 0.25) is 0 Å². The number of hydrogen-bond acceptors (Lipinski definition) is 2. The molecule has 0 spiro atoms. The summed E-state index contributed by atoms with van der Waals surface area (Å²) in [6.07, 6.45) is 4.70. The van der Waals surface area contributed by atoms with Gasteiger partial charge in [-0.1, -0.05) is 26.7 Å². The molecular weight excluding hydrogens is 190 g/mol. The van der Waals surface area contributed by atoms with Gasteiger partial charge in [0.1, 0.15) is 0 Å². The molecule has 3 nitrogen and oxygen atoms in total. The maximum Gasteiger partial charge on any atom is 0.0607 e. The predicted molar refractivity (Wildman–Crippen MR) is 63.3 cm³/mol. The van der Waals surface area contributed by atoms with Crippen molar-refractivity contribution in [1.29, 1.82) is 0 Å². The lowest BCUT2D eigenvalue weighted by atomic mass is 10.4. The molecule has 0 atom stereocenters. The molecule has 0 N–H and O–H groups in total. The second-order valence-corrected chi connectivity index (χ2v) is 3.60. The Bertz CT molecular complexity index is 97.8. The molecule has 91 valence electrons. The van der Waals surface area contributed by atoms with E-state index in [2.05, 4.69) is 19.2 Å². The zero-order valence-electron chi connectivity index (χ0n) is 10.3. The monoisotopic (exact) mass is 216 g/mol. The molecule has 0 saturated carbocycles. The fourth-order valence-electron chi connectivity index (χ4n) is 1.07. The first kappa shape index (κ1) is 14.9. The SMILES string of the molecule is CCCCOCC[N]CCOCCCC. The Labute approximate surface area is 94.5 Å². The highest BCUT2D eigenvalue weighted by atomic mass is 16.5. The summed E-state index contributed by atoms with van der Waals surface area (Å²) in [7, 11) is 0. The summed E-state index contributed by atoms with van der Waals surface area (Å²) >= 11 is 0. The second kappa shape index (κ2) is 13.9. The van der Waals surface area contributed by atoms with Gasteiger partial charge in [0, 0.05) is 26.3 Å². The van der Waals surface area contributed by atoms with Gasteiger partial charge >= 0.3 is 0 Å². The molecule has 0 aromatic heterocycles. The van der Waals surface area contributed by atoms with Crippen LogP contribution in [0.15, 0.2) is 0 Å². The maximum atomic E-state index is 5.38. The number of nitrogens with zero attached hydrogens (tertiary/aromatic N) is 1. The van der Waals surface area contributed by atoms with E-state index >= 15 is 0 Å². The summed E-state index contributed by atoms with van der Waals surface area (Å²) in [6, 6.07) is 0. The number of unbranched alkanes of at least 4 members (excludes halogenated alkanes) is 2. The van der Waals surface area contributed by atoms with Crippen LogP contribution in [0.3, 0.4) is 0 Å². The van der Waals surface area contributed by atoms with Crippen LogP contribution in [0.1, 0.15) is 39.5 Å². The number of hydrogen-bond donors (Lipinski definition) is 0. The van der Waals surface area contributed by atoms with Gasteiger partial charge in [0.25, 0.3) is 0 Å². The molecule has 1 radical (unpaired) electrons. The van der Waals surface area contributed by atoms with Crippen LogP contribution in [0, 0.1) is 0 Å². The molecule has 0 aromatic carbocycles. The molecule has 0 aliphatic carbocycles. The Morgan fingerprint density at radius 1 is 0.733 bits per heavy atom. The van der Waals surface area contributed by atoms with E-state index in [-0.39, 0.29) is 0 Å². The minimum Gasteiger partial charge on any atom is -0.380 e. The fourth-order valence-corrected chi connectivity index (χ4v) is 1.07. The molecule has 0 amide bonds. The maximum absolute atomic E-state index is 5.38. The molecule has 0 heterocycles. The summed E-state index contributed by atoms with van der Waals surface area (Å²) in [4.78, 5) is 0. The lowest BCUT2D eigenvalue weighted by molar-refractivity contribution is 0.117. The number of ether oxygens (including phenoxy) is 2. The summed E-state index contributed by atoms with van der Waals surface area (Å²) < 4.78 is 10.8. The van der Waals surface area contributed by atoms with Gasteiger partial charge in [-0.15, -0.1) is 0 Å². The van der Waals surface area contributed by atoms with Crippen LogP contribution in [0.25, 0.3) is 0 Å². The quantitative estimate of drug-likeness (QED) is 0.469. The Balaban J connectivity index is 2.81. The number of rotatable bonds is 12. The smallest absolute Gasteiger partial charge is 0.0607 e. The highest BCUT2D eigenvalue weighted by Crippen LogP contribution is 1.88.